The number of nitrogens with zero attached hydrogens (tertiary/aromatic N) is 1. The monoisotopic (exact) mass is 281 g/mol. The van der Waals surface area contributed by atoms with Gasteiger partial charge in [0.2, 0.25) is 5.78 Å². The topological polar surface area (TPSA) is 39.1 Å². The first kappa shape index (κ1) is 13.8. The van der Waals surface area contributed by atoms with Crippen molar-refractivity contribution in [1.29, 1.82) is 0 Å². The standard InChI is InChI=1S/C18H19NO2/c1-12(2)17(20)14-10-11-19-15(14)8-9-16(19)18(21)13-6-4-3-5-7-13/h3-9,12,14H,10-11H2,1-2H3. The number of rotatable bonds is 4. The van der Waals surface area contributed by atoms with Crippen LogP contribution in [0.15, 0.2) is 42.5 Å². The summed E-state index contributed by atoms with van der Waals surface area (Å²) in [5, 5.41) is 0. The van der Waals surface area contributed by atoms with Gasteiger partial charge in [-0.05, 0) is 18.6 Å². The van der Waals surface area contributed by atoms with Gasteiger partial charge in [0.25, 0.3) is 0 Å². The molecule has 0 amide bonds. The smallest absolute Gasteiger partial charge is 0.209 e. The van der Waals surface area contributed by atoms with Crippen molar-refractivity contribution in [3.8, 4) is 0 Å². The van der Waals surface area contributed by atoms with Gasteiger partial charge in [0.05, 0.1) is 11.6 Å². The Labute approximate surface area is 124 Å². The van der Waals surface area contributed by atoms with E-state index in [1.54, 1.807) is 0 Å². The maximum absolute atomic E-state index is 12.6. The van der Waals surface area contributed by atoms with Crippen LogP contribution in [0.2, 0.25) is 0 Å². The van der Waals surface area contributed by atoms with Crippen molar-refractivity contribution in [1.82, 2.24) is 4.57 Å². The van der Waals surface area contributed by atoms with E-state index >= 15 is 0 Å². The van der Waals surface area contributed by atoms with Crippen LogP contribution < -0.4 is 0 Å². The molecule has 1 aromatic carbocycles. The van der Waals surface area contributed by atoms with Crippen LogP contribution in [0.1, 0.15) is 47.9 Å². The molecule has 1 aliphatic rings. The summed E-state index contributed by atoms with van der Waals surface area (Å²) in [6, 6.07) is 13.1. The molecule has 1 unspecified atom stereocenters. The average Bonchev–Trinajstić information content (AvgIpc) is 3.08. The number of Topliss-reactive ketones (excluding diaryl/α,β-unsaturated/α-hetero) is 1. The molecule has 108 valence electrons. The van der Waals surface area contributed by atoms with Gasteiger partial charge in [0.15, 0.2) is 0 Å². The number of hydrogen-bond acceptors (Lipinski definition) is 2. The van der Waals surface area contributed by atoms with Gasteiger partial charge < -0.3 is 4.57 Å². The Bertz CT molecular complexity index is 682. The Hall–Kier alpha value is -2.16. The fourth-order valence-corrected chi connectivity index (χ4v) is 3.07. The van der Waals surface area contributed by atoms with Crippen LogP contribution in [0.25, 0.3) is 0 Å². The number of benzene rings is 1. The van der Waals surface area contributed by atoms with Crippen molar-refractivity contribution in [2.45, 2.75) is 32.7 Å². The van der Waals surface area contributed by atoms with Gasteiger partial charge in [-0.3, -0.25) is 9.59 Å². The second kappa shape index (κ2) is 5.32. The number of fused-ring (bicyclic) bond motifs is 1. The molecule has 2 heterocycles. The van der Waals surface area contributed by atoms with Crippen molar-refractivity contribution in [2.24, 2.45) is 5.92 Å². The van der Waals surface area contributed by atoms with Crippen LogP contribution >= 0.6 is 0 Å². The predicted molar refractivity (Wildman–Crippen MR) is 81.5 cm³/mol. The molecule has 1 aliphatic heterocycles. The maximum atomic E-state index is 12.6. The maximum Gasteiger partial charge on any atom is 0.209 e. The van der Waals surface area contributed by atoms with Crippen molar-refractivity contribution < 1.29 is 9.59 Å². The van der Waals surface area contributed by atoms with Gasteiger partial charge in [-0.1, -0.05) is 44.2 Å². The van der Waals surface area contributed by atoms with E-state index in [1.807, 2.05) is 60.9 Å². The van der Waals surface area contributed by atoms with Crippen LogP contribution in [0, 0.1) is 5.92 Å². The molecule has 0 saturated heterocycles. The number of carbonyl (C=O) groups excluding carboxylic acids is 2. The van der Waals surface area contributed by atoms with E-state index in [-0.39, 0.29) is 23.4 Å². The van der Waals surface area contributed by atoms with Crippen molar-refractivity contribution in [3.63, 3.8) is 0 Å². The van der Waals surface area contributed by atoms with Gasteiger partial charge in [-0.25, -0.2) is 0 Å². The molecule has 3 heteroatoms. The van der Waals surface area contributed by atoms with Crippen molar-refractivity contribution in [2.75, 3.05) is 0 Å². The lowest BCUT2D eigenvalue weighted by molar-refractivity contribution is -0.123. The molecule has 21 heavy (non-hydrogen) atoms. The summed E-state index contributed by atoms with van der Waals surface area (Å²) in [7, 11) is 0. The molecule has 1 atom stereocenters. The normalized spacial score (nSPS) is 17.0. The second-order valence-electron chi connectivity index (χ2n) is 5.89. The Morgan fingerprint density at radius 2 is 1.81 bits per heavy atom. The van der Waals surface area contributed by atoms with Gasteiger partial charge >= 0.3 is 0 Å². The van der Waals surface area contributed by atoms with E-state index in [2.05, 4.69) is 0 Å². The average molecular weight is 281 g/mol. The fraction of sp³-hybridized carbons (Fsp3) is 0.333. The summed E-state index contributed by atoms with van der Waals surface area (Å²) in [5.41, 5.74) is 2.38. The van der Waals surface area contributed by atoms with Gasteiger partial charge in [0.1, 0.15) is 5.78 Å². The van der Waals surface area contributed by atoms with Crippen LogP contribution in [0.3, 0.4) is 0 Å². The second-order valence-corrected chi connectivity index (χ2v) is 5.89. The highest BCUT2D eigenvalue weighted by atomic mass is 16.1. The van der Waals surface area contributed by atoms with Crippen molar-refractivity contribution >= 4 is 11.6 Å². The lowest BCUT2D eigenvalue weighted by Crippen LogP contribution is -2.16. The highest BCUT2D eigenvalue weighted by Gasteiger charge is 2.32. The Balaban J connectivity index is 1.94. The number of hydrogen-bond donors (Lipinski definition) is 0. The van der Waals surface area contributed by atoms with E-state index in [9.17, 15) is 9.59 Å². The first-order valence-corrected chi connectivity index (χ1v) is 7.42. The van der Waals surface area contributed by atoms with Crippen LogP contribution in [-0.2, 0) is 11.3 Å². The molecule has 0 spiro atoms. The molecule has 0 radical (unpaired) electrons. The Kier molecular flexibility index (Phi) is 3.50. The molecule has 1 aromatic heterocycles. The highest BCUT2D eigenvalue weighted by Crippen LogP contribution is 2.33. The first-order valence-electron chi connectivity index (χ1n) is 7.42. The Morgan fingerprint density at radius 1 is 1.10 bits per heavy atom. The third-order valence-corrected chi connectivity index (χ3v) is 4.19. The zero-order valence-electron chi connectivity index (χ0n) is 12.4. The summed E-state index contributed by atoms with van der Waals surface area (Å²) in [5.74, 6) is 0.275. The van der Waals surface area contributed by atoms with E-state index in [4.69, 9.17) is 0 Å². The molecule has 3 nitrogen and oxygen atoms in total. The lowest BCUT2D eigenvalue weighted by atomic mass is 9.92. The minimum Gasteiger partial charge on any atom is -0.341 e. The minimum atomic E-state index is -0.0534. The third kappa shape index (κ3) is 2.33. The van der Waals surface area contributed by atoms with Gasteiger partial charge in [-0.2, -0.15) is 0 Å². The number of carbonyl (C=O) groups is 2. The summed E-state index contributed by atoms with van der Waals surface area (Å²) in [6.45, 7) is 4.62. The van der Waals surface area contributed by atoms with Crippen LogP contribution in [-0.4, -0.2) is 16.1 Å². The zero-order chi connectivity index (χ0) is 15.0. The molecule has 2 aromatic rings. The molecule has 0 aliphatic carbocycles. The Morgan fingerprint density at radius 3 is 2.48 bits per heavy atom. The lowest BCUT2D eigenvalue weighted by Gasteiger charge is -2.10. The molecule has 0 bridgehead atoms. The fourth-order valence-electron chi connectivity index (χ4n) is 3.07. The summed E-state index contributed by atoms with van der Waals surface area (Å²) < 4.78 is 2.01. The zero-order valence-corrected chi connectivity index (χ0v) is 12.4. The van der Waals surface area contributed by atoms with E-state index in [1.165, 1.54) is 0 Å². The summed E-state index contributed by atoms with van der Waals surface area (Å²) >= 11 is 0. The summed E-state index contributed by atoms with van der Waals surface area (Å²) in [4.78, 5) is 24.8. The minimum absolute atomic E-state index is 0.0273. The third-order valence-electron chi connectivity index (χ3n) is 4.19. The largest absolute Gasteiger partial charge is 0.341 e. The van der Waals surface area contributed by atoms with Gasteiger partial charge in [0, 0.05) is 23.7 Å². The summed E-state index contributed by atoms with van der Waals surface area (Å²) in [6.07, 6.45) is 0.808. The predicted octanol–water partition coefficient (Wildman–Crippen LogP) is 3.43. The van der Waals surface area contributed by atoms with Crippen LogP contribution in [0.5, 0.6) is 0 Å². The van der Waals surface area contributed by atoms with Crippen molar-refractivity contribution in [3.05, 3.63) is 59.4 Å². The molecule has 0 fully saturated rings. The quantitative estimate of drug-likeness (QED) is 0.805. The SMILES string of the molecule is CC(C)C(=O)C1CCn2c(C(=O)c3ccccc3)ccc21. The van der Waals surface area contributed by atoms with E-state index in [0.29, 0.717) is 11.3 Å². The van der Waals surface area contributed by atoms with Crippen LogP contribution in [0.4, 0.5) is 0 Å². The molecule has 0 N–H and O–H groups in total. The highest BCUT2D eigenvalue weighted by molar-refractivity contribution is 6.08. The molecular formula is C18H19NO2. The molecular weight excluding hydrogens is 262 g/mol. The molecule has 0 saturated carbocycles. The van der Waals surface area contributed by atoms with Gasteiger partial charge in [-0.15, -0.1) is 0 Å². The first-order chi connectivity index (χ1) is 10.1. The number of ketones is 2. The molecule has 3 rings (SSSR count). The number of aromatic nitrogens is 1. The van der Waals surface area contributed by atoms with E-state index < -0.39 is 0 Å². The van der Waals surface area contributed by atoms with E-state index in [0.717, 1.165) is 18.7 Å².